The number of nitrogens with zero attached hydrogens (tertiary/aromatic N) is 2. The van der Waals surface area contributed by atoms with E-state index in [9.17, 15) is 19.5 Å². The number of hydrogen-bond acceptors (Lipinski definition) is 6. The van der Waals surface area contributed by atoms with Crippen molar-refractivity contribution in [3.05, 3.63) is 77.1 Å². The maximum atomic E-state index is 12.5. The Bertz CT molecular complexity index is 1210. The minimum absolute atomic E-state index is 0.00491. The number of carboxylic acid groups (broad SMARTS) is 1. The molecule has 3 aromatic rings. The van der Waals surface area contributed by atoms with Crippen molar-refractivity contribution in [2.24, 2.45) is 7.05 Å². The third-order valence-electron chi connectivity index (χ3n) is 5.90. The molecule has 1 aliphatic rings. The number of rotatable bonds is 9. The van der Waals surface area contributed by atoms with Crippen LogP contribution in [0.5, 0.6) is 0 Å². The molecule has 1 aromatic heterocycles. The van der Waals surface area contributed by atoms with E-state index in [-0.39, 0.29) is 31.3 Å². The van der Waals surface area contributed by atoms with Crippen LogP contribution >= 0.6 is 0 Å². The van der Waals surface area contributed by atoms with Crippen LogP contribution < -0.4 is 10.6 Å². The summed E-state index contributed by atoms with van der Waals surface area (Å²) in [7, 11) is 1.57. The number of aliphatic hydroxyl groups excluding tert-OH is 1. The standard InChI is InChI=1S/C25H26N4O6/c1-29-23(24(33)26-13-16(30)10-22(31)32)15(12-28-29)11-27-25(34)35-14-21-19-8-4-2-6-17(19)18-7-3-5-9-20(18)21/h2-9,12,16,21,30H,10-11,13-14H2,1H3,(H,26,33)(H,27,34)(H,31,32). The number of alkyl carbamates (subject to hydrolysis) is 1. The summed E-state index contributed by atoms with van der Waals surface area (Å²) in [4.78, 5) is 35.7. The van der Waals surface area contributed by atoms with Crippen LogP contribution in [-0.4, -0.2) is 57.2 Å². The molecule has 4 rings (SSSR count). The summed E-state index contributed by atoms with van der Waals surface area (Å²) >= 11 is 0. The summed E-state index contributed by atoms with van der Waals surface area (Å²) in [5.74, 6) is -1.77. The number of carboxylic acids is 1. The van der Waals surface area contributed by atoms with Crippen LogP contribution in [0.1, 0.15) is 39.5 Å². The number of carbonyl (C=O) groups excluding carboxylic acids is 2. The van der Waals surface area contributed by atoms with Crippen molar-refractivity contribution < 1.29 is 29.3 Å². The van der Waals surface area contributed by atoms with Crippen LogP contribution in [0.15, 0.2) is 54.7 Å². The van der Waals surface area contributed by atoms with E-state index >= 15 is 0 Å². The molecule has 4 N–H and O–H groups in total. The molecule has 0 saturated carbocycles. The summed E-state index contributed by atoms with van der Waals surface area (Å²) in [5.41, 5.74) is 5.13. The number of aryl methyl sites for hydroxylation is 1. The maximum absolute atomic E-state index is 12.5. The quantitative estimate of drug-likeness (QED) is 0.368. The Morgan fingerprint density at radius 2 is 1.69 bits per heavy atom. The van der Waals surface area contributed by atoms with E-state index in [1.807, 2.05) is 36.4 Å². The Morgan fingerprint density at radius 1 is 1.06 bits per heavy atom. The van der Waals surface area contributed by atoms with Crippen molar-refractivity contribution in [2.45, 2.75) is 25.0 Å². The monoisotopic (exact) mass is 478 g/mol. The lowest BCUT2D eigenvalue weighted by atomic mass is 9.98. The molecule has 0 aliphatic heterocycles. The first-order valence-electron chi connectivity index (χ1n) is 11.1. The molecule has 10 nitrogen and oxygen atoms in total. The van der Waals surface area contributed by atoms with Gasteiger partial charge in [0.15, 0.2) is 0 Å². The van der Waals surface area contributed by atoms with Gasteiger partial charge in [-0.05, 0) is 22.3 Å². The van der Waals surface area contributed by atoms with Crippen LogP contribution in [0.3, 0.4) is 0 Å². The summed E-state index contributed by atoms with van der Waals surface area (Å²) in [6.07, 6.45) is -0.875. The highest BCUT2D eigenvalue weighted by molar-refractivity contribution is 5.94. The van der Waals surface area contributed by atoms with E-state index in [0.717, 1.165) is 22.3 Å². The van der Waals surface area contributed by atoms with Crippen molar-refractivity contribution >= 4 is 18.0 Å². The molecule has 1 aliphatic carbocycles. The zero-order valence-corrected chi connectivity index (χ0v) is 19.1. The smallest absolute Gasteiger partial charge is 0.407 e. The molecule has 0 fully saturated rings. The average molecular weight is 479 g/mol. The molecule has 1 heterocycles. The minimum Gasteiger partial charge on any atom is -0.481 e. The number of benzene rings is 2. The molecule has 0 spiro atoms. The van der Waals surface area contributed by atoms with Crippen molar-refractivity contribution in [1.82, 2.24) is 20.4 Å². The zero-order chi connectivity index (χ0) is 24.9. The fourth-order valence-corrected chi connectivity index (χ4v) is 4.29. The normalized spacial score (nSPS) is 13.0. The molecular formula is C25H26N4O6. The molecule has 1 atom stereocenters. The van der Waals surface area contributed by atoms with E-state index in [1.54, 1.807) is 7.05 Å². The second kappa shape index (κ2) is 10.4. The predicted octanol–water partition coefficient (Wildman–Crippen LogP) is 2.02. The highest BCUT2D eigenvalue weighted by atomic mass is 16.5. The van der Waals surface area contributed by atoms with E-state index in [2.05, 4.69) is 27.9 Å². The van der Waals surface area contributed by atoms with Crippen molar-refractivity contribution in [2.75, 3.05) is 13.2 Å². The molecule has 2 aromatic carbocycles. The third-order valence-corrected chi connectivity index (χ3v) is 5.90. The Balaban J connectivity index is 1.34. The number of aromatic nitrogens is 2. The first-order valence-corrected chi connectivity index (χ1v) is 11.1. The zero-order valence-electron chi connectivity index (χ0n) is 19.1. The highest BCUT2D eigenvalue weighted by Crippen LogP contribution is 2.44. The Morgan fingerprint density at radius 3 is 2.31 bits per heavy atom. The summed E-state index contributed by atoms with van der Waals surface area (Å²) in [6.45, 7) is -0.0534. The van der Waals surface area contributed by atoms with Crippen LogP contribution in [-0.2, 0) is 23.1 Å². The van der Waals surface area contributed by atoms with Gasteiger partial charge < -0.3 is 25.6 Å². The summed E-state index contributed by atoms with van der Waals surface area (Å²) in [6, 6.07) is 16.1. The number of fused-ring (bicyclic) bond motifs is 3. The van der Waals surface area contributed by atoms with Gasteiger partial charge in [0.1, 0.15) is 12.3 Å². The number of hydrogen-bond donors (Lipinski definition) is 4. The van der Waals surface area contributed by atoms with Gasteiger partial charge in [0.2, 0.25) is 0 Å². The van der Waals surface area contributed by atoms with E-state index in [0.29, 0.717) is 5.56 Å². The Kier molecular flexibility index (Phi) is 7.11. The maximum Gasteiger partial charge on any atom is 0.407 e. The largest absolute Gasteiger partial charge is 0.481 e. The second-order valence-corrected chi connectivity index (χ2v) is 8.28. The van der Waals surface area contributed by atoms with Crippen LogP contribution in [0.4, 0.5) is 4.79 Å². The van der Waals surface area contributed by atoms with Gasteiger partial charge in [-0.2, -0.15) is 5.10 Å². The number of nitrogens with one attached hydrogen (secondary N) is 2. The first-order chi connectivity index (χ1) is 16.8. The molecular weight excluding hydrogens is 452 g/mol. The van der Waals surface area contributed by atoms with Crippen LogP contribution in [0.2, 0.25) is 0 Å². The topological polar surface area (TPSA) is 143 Å². The van der Waals surface area contributed by atoms with Crippen molar-refractivity contribution in [3.8, 4) is 11.1 Å². The lowest BCUT2D eigenvalue weighted by Crippen LogP contribution is -2.35. The van der Waals surface area contributed by atoms with Gasteiger partial charge >= 0.3 is 12.1 Å². The lowest BCUT2D eigenvalue weighted by Gasteiger charge is -2.15. The molecule has 1 unspecified atom stereocenters. The van der Waals surface area contributed by atoms with Gasteiger partial charge in [-0.1, -0.05) is 48.5 Å². The van der Waals surface area contributed by atoms with Crippen molar-refractivity contribution in [1.29, 1.82) is 0 Å². The first kappa shape index (κ1) is 24.0. The fraction of sp³-hybridized carbons (Fsp3) is 0.280. The van der Waals surface area contributed by atoms with E-state index < -0.39 is 30.5 Å². The Labute approximate surface area is 201 Å². The minimum atomic E-state index is -1.22. The number of amides is 2. The number of aliphatic hydroxyl groups is 1. The van der Waals surface area contributed by atoms with E-state index in [4.69, 9.17) is 9.84 Å². The lowest BCUT2D eigenvalue weighted by molar-refractivity contribution is -0.139. The number of ether oxygens (including phenoxy) is 1. The molecule has 35 heavy (non-hydrogen) atoms. The summed E-state index contributed by atoms with van der Waals surface area (Å²) in [5, 5.41) is 27.6. The molecule has 10 heteroatoms. The Hall–Kier alpha value is -4.18. The van der Waals surface area contributed by atoms with Gasteiger partial charge in [0.25, 0.3) is 5.91 Å². The van der Waals surface area contributed by atoms with Crippen LogP contribution in [0.25, 0.3) is 11.1 Å². The molecule has 0 radical (unpaired) electrons. The fourth-order valence-electron chi connectivity index (χ4n) is 4.29. The molecule has 2 amide bonds. The molecule has 0 saturated heterocycles. The predicted molar refractivity (Wildman–Crippen MR) is 126 cm³/mol. The average Bonchev–Trinajstić information content (AvgIpc) is 3.37. The van der Waals surface area contributed by atoms with Gasteiger partial charge in [-0.15, -0.1) is 0 Å². The third kappa shape index (κ3) is 5.33. The van der Waals surface area contributed by atoms with E-state index in [1.165, 1.54) is 10.9 Å². The van der Waals surface area contributed by atoms with Crippen LogP contribution in [0, 0.1) is 0 Å². The van der Waals surface area contributed by atoms with Gasteiger partial charge in [-0.25, -0.2) is 4.79 Å². The summed E-state index contributed by atoms with van der Waals surface area (Å²) < 4.78 is 6.86. The van der Waals surface area contributed by atoms with Gasteiger partial charge in [-0.3, -0.25) is 14.3 Å². The molecule has 182 valence electrons. The second-order valence-electron chi connectivity index (χ2n) is 8.28. The molecule has 0 bridgehead atoms. The van der Waals surface area contributed by atoms with Gasteiger partial charge in [0.05, 0.1) is 25.3 Å². The van der Waals surface area contributed by atoms with Crippen molar-refractivity contribution in [3.63, 3.8) is 0 Å². The number of carbonyl (C=O) groups is 3. The van der Waals surface area contributed by atoms with Gasteiger partial charge in [0, 0.05) is 25.1 Å². The SMILES string of the molecule is Cn1ncc(CNC(=O)OCC2c3ccccc3-c3ccccc32)c1C(=O)NCC(O)CC(=O)O. The highest BCUT2D eigenvalue weighted by Gasteiger charge is 2.29. The number of aliphatic carboxylic acids is 1.